The minimum absolute atomic E-state index is 0.0879. The number of hydrogen-bond acceptors (Lipinski definition) is 4. The quantitative estimate of drug-likeness (QED) is 0.724. The fraction of sp³-hybridized carbons (Fsp3) is 0.476. The molecule has 2 heterocycles. The molecule has 1 amide bonds. The van der Waals surface area contributed by atoms with Crippen LogP contribution in [0.5, 0.6) is 5.75 Å². The van der Waals surface area contributed by atoms with Crippen molar-refractivity contribution in [3.8, 4) is 5.75 Å². The molecule has 0 aliphatic carbocycles. The predicted molar refractivity (Wildman–Crippen MR) is 105 cm³/mol. The third-order valence-electron chi connectivity index (χ3n) is 4.97. The lowest BCUT2D eigenvalue weighted by Gasteiger charge is -2.24. The van der Waals surface area contributed by atoms with Gasteiger partial charge in [-0.15, -0.1) is 0 Å². The number of aromatic nitrogens is 1. The third-order valence-corrected chi connectivity index (χ3v) is 4.97. The zero-order chi connectivity index (χ0) is 19.1. The topological polar surface area (TPSA) is 55.7 Å². The van der Waals surface area contributed by atoms with Crippen LogP contribution in [0, 0.1) is 5.92 Å². The summed E-state index contributed by atoms with van der Waals surface area (Å²) < 4.78 is 12.8. The van der Waals surface area contributed by atoms with Crippen molar-refractivity contribution < 1.29 is 14.3 Å². The maximum absolute atomic E-state index is 12.3. The monoisotopic (exact) mass is 371 g/mol. The minimum atomic E-state index is 0.0879. The zero-order valence-corrected chi connectivity index (χ0v) is 16.2. The van der Waals surface area contributed by atoms with Gasteiger partial charge in [0.2, 0.25) is 5.91 Å². The van der Waals surface area contributed by atoms with Crippen LogP contribution in [0.25, 0.3) is 0 Å². The van der Waals surface area contributed by atoms with Crippen LogP contribution < -0.4 is 10.1 Å². The molecule has 27 heavy (non-hydrogen) atoms. The second-order valence-corrected chi connectivity index (χ2v) is 7.05. The van der Waals surface area contributed by atoms with Crippen LogP contribution in [0.4, 0.5) is 0 Å². The SMILES string of the molecule is COCCNC(=O)CC1CN(Cc2ccccc2OC)Cc2cccn2C1. The lowest BCUT2D eigenvalue weighted by molar-refractivity contribution is -0.122. The van der Waals surface area contributed by atoms with Crippen molar-refractivity contribution in [3.63, 3.8) is 0 Å². The summed E-state index contributed by atoms with van der Waals surface area (Å²) in [6, 6.07) is 12.4. The number of nitrogens with zero attached hydrogens (tertiary/aromatic N) is 2. The molecule has 0 saturated carbocycles. The minimum Gasteiger partial charge on any atom is -0.496 e. The molecule has 146 valence electrons. The van der Waals surface area contributed by atoms with Gasteiger partial charge >= 0.3 is 0 Å². The average Bonchev–Trinajstić information content (AvgIpc) is 3.02. The Labute approximate surface area is 161 Å². The van der Waals surface area contributed by atoms with Crippen molar-refractivity contribution in [1.82, 2.24) is 14.8 Å². The predicted octanol–water partition coefficient (Wildman–Crippen LogP) is 2.28. The van der Waals surface area contributed by atoms with Crippen molar-refractivity contribution in [2.24, 2.45) is 5.92 Å². The second kappa shape index (κ2) is 9.58. The highest BCUT2D eigenvalue weighted by Gasteiger charge is 2.24. The number of methoxy groups -OCH3 is 2. The third kappa shape index (κ3) is 5.34. The summed E-state index contributed by atoms with van der Waals surface area (Å²) in [5.41, 5.74) is 2.45. The summed E-state index contributed by atoms with van der Waals surface area (Å²) in [5.74, 6) is 1.26. The lowest BCUT2D eigenvalue weighted by Crippen LogP contribution is -2.33. The Bertz CT molecular complexity index is 744. The Morgan fingerprint density at radius 2 is 2.04 bits per heavy atom. The van der Waals surface area contributed by atoms with Gasteiger partial charge in [-0.2, -0.15) is 0 Å². The summed E-state index contributed by atoms with van der Waals surface area (Å²) in [7, 11) is 3.35. The Balaban J connectivity index is 1.70. The van der Waals surface area contributed by atoms with Crippen molar-refractivity contribution >= 4 is 5.91 Å². The highest BCUT2D eigenvalue weighted by molar-refractivity contribution is 5.76. The molecule has 0 fully saturated rings. The first-order valence-corrected chi connectivity index (χ1v) is 9.43. The van der Waals surface area contributed by atoms with Gasteiger partial charge in [-0.25, -0.2) is 0 Å². The van der Waals surface area contributed by atoms with E-state index in [4.69, 9.17) is 9.47 Å². The smallest absolute Gasteiger partial charge is 0.220 e. The fourth-order valence-corrected chi connectivity index (χ4v) is 3.72. The van der Waals surface area contributed by atoms with E-state index >= 15 is 0 Å². The Morgan fingerprint density at radius 1 is 1.19 bits per heavy atom. The van der Waals surface area contributed by atoms with E-state index in [1.165, 1.54) is 11.3 Å². The van der Waals surface area contributed by atoms with E-state index in [9.17, 15) is 4.79 Å². The van der Waals surface area contributed by atoms with E-state index in [1.807, 2.05) is 18.2 Å². The molecule has 1 aliphatic heterocycles. The van der Waals surface area contributed by atoms with Crippen LogP contribution in [0.15, 0.2) is 42.6 Å². The maximum atomic E-state index is 12.3. The van der Waals surface area contributed by atoms with Gasteiger partial charge in [0.15, 0.2) is 0 Å². The molecule has 1 atom stereocenters. The molecular weight excluding hydrogens is 342 g/mol. The molecule has 1 aromatic carbocycles. The van der Waals surface area contributed by atoms with Crippen molar-refractivity contribution in [3.05, 3.63) is 53.9 Å². The first-order valence-electron chi connectivity index (χ1n) is 9.43. The number of rotatable bonds is 8. The normalized spacial score (nSPS) is 17.2. The van der Waals surface area contributed by atoms with Gasteiger partial charge in [-0.1, -0.05) is 18.2 Å². The molecule has 0 spiro atoms. The molecule has 0 bridgehead atoms. The number of hydrogen-bond donors (Lipinski definition) is 1. The number of carbonyl (C=O) groups excluding carboxylic acids is 1. The Kier molecular flexibility index (Phi) is 6.90. The number of ether oxygens (including phenoxy) is 2. The molecule has 3 rings (SSSR count). The number of carbonyl (C=O) groups is 1. The Morgan fingerprint density at radius 3 is 2.85 bits per heavy atom. The van der Waals surface area contributed by atoms with Crippen molar-refractivity contribution in [1.29, 1.82) is 0 Å². The number of benzene rings is 1. The summed E-state index contributed by atoms with van der Waals surface area (Å²) in [5, 5.41) is 2.94. The number of para-hydroxylation sites is 1. The molecule has 6 heteroatoms. The maximum Gasteiger partial charge on any atom is 0.220 e. The first-order chi connectivity index (χ1) is 13.2. The highest BCUT2D eigenvalue weighted by atomic mass is 16.5. The summed E-state index contributed by atoms with van der Waals surface area (Å²) >= 11 is 0. The number of fused-ring (bicyclic) bond motifs is 1. The zero-order valence-electron chi connectivity index (χ0n) is 16.2. The lowest BCUT2D eigenvalue weighted by atomic mass is 10.0. The van der Waals surface area contributed by atoms with Crippen LogP contribution in [-0.4, -0.2) is 49.3 Å². The van der Waals surface area contributed by atoms with E-state index < -0.39 is 0 Å². The van der Waals surface area contributed by atoms with Crippen LogP contribution in [0.2, 0.25) is 0 Å². The van der Waals surface area contributed by atoms with E-state index in [2.05, 4.69) is 39.2 Å². The molecule has 2 aromatic rings. The molecule has 0 saturated heterocycles. The largest absolute Gasteiger partial charge is 0.496 e. The van der Waals surface area contributed by atoms with E-state index in [0.717, 1.165) is 31.9 Å². The van der Waals surface area contributed by atoms with Gasteiger partial charge in [-0.3, -0.25) is 9.69 Å². The van der Waals surface area contributed by atoms with Gasteiger partial charge in [-0.05, 0) is 24.1 Å². The summed E-state index contributed by atoms with van der Waals surface area (Å²) in [6.07, 6.45) is 2.63. The standard InChI is InChI=1S/C21H29N3O3/c1-26-11-9-22-21(25)12-17-13-23(16-19-7-5-10-24(19)14-17)15-18-6-3-4-8-20(18)27-2/h3-8,10,17H,9,11-16H2,1-2H3,(H,22,25). The van der Waals surface area contributed by atoms with Crippen LogP contribution in [-0.2, 0) is 29.2 Å². The molecule has 1 aromatic heterocycles. The average molecular weight is 371 g/mol. The fourth-order valence-electron chi connectivity index (χ4n) is 3.72. The van der Waals surface area contributed by atoms with Crippen molar-refractivity contribution in [2.45, 2.75) is 26.1 Å². The number of amides is 1. The summed E-state index contributed by atoms with van der Waals surface area (Å²) in [4.78, 5) is 14.7. The highest BCUT2D eigenvalue weighted by Crippen LogP contribution is 2.24. The van der Waals surface area contributed by atoms with E-state index in [0.29, 0.717) is 19.6 Å². The van der Waals surface area contributed by atoms with Gasteiger partial charge in [0.1, 0.15) is 5.75 Å². The molecule has 1 aliphatic rings. The van der Waals surface area contributed by atoms with E-state index in [1.54, 1.807) is 14.2 Å². The first kappa shape index (κ1) is 19.5. The van der Waals surface area contributed by atoms with E-state index in [-0.39, 0.29) is 11.8 Å². The molecule has 6 nitrogen and oxygen atoms in total. The van der Waals surface area contributed by atoms with Crippen LogP contribution in [0.1, 0.15) is 17.7 Å². The van der Waals surface area contributed by atoms with Gasteiger partial charge in [0, 0.05) is 63.7 Å². The van der Waals surface area contributed by atoms with Gasteiger partial charge in [0.25, 0.3) is 0 Å². The Hall–Kier alpha value is -2.31. The van der Waals surface area contributed by atoms with Crippen molar-refractivity contribution in [2.75, 3.05) is 33.9 Å². The molecular formula is C21H29N3O3. The van der Waals surface area contributed by atoms with Gasteiger partial charge in [0.05, 0.1) is 13.7 Å². The number of nitrogens with one attached hydrogen (secondary N) is 1. The second-order valence-electron chi connectivity index (χ2n) is 7.05. The molecule has 0 radical (unpaired) electrons. The van der Waals surface area contributed by atoms with Gasteiger partial charge < -0.3 is 19.4 Å². The summed E-state index contributed by atoms with van der Waals surface area (Å²) in [6.45, 7) is 4.50. The molecule has 1 N–H and O–H groups in total. The van der Waals surface area contributed by atoms with Crippen LogP contribution >= 0.6 is 0 Å². The molecule has 1 unspecified atom stereocenters. The van der Waals surface area contributed by atoms with Crippen LogP contribution in [0.3, 0.4) is 0 Å².